The summed E-state index contributed by atoms with van der Waals surface area (Å²) in [6.07, 6.45) is 0. The lowest BCUT2D eigenvalue weighted by Crippen LogP contribution is -2.37. The lowest BCUT2D eigenvalue weighted by molar-refractivity contribution is -0.116. The summed E-state index contributed by atoms with van der Waals surface area (Å²) in [6, 6.07) is 15.7. The molecule has 2 nitrogen and oxygen atoms in total. The molecule has 1 unspecified atom stereocenters. The Kier molecular flexibility index (Phi) is 4.43. The highest BCUT2D eigenvalue weighted by atomic mass is 35.5. The van der Waals surface area contributed by atoms with Crippen molar-refractivity contribution in [3.8, 4) is 0 Å². The molecule has 5 heteroatoms. The average Bonchev–Trinajstić information content (AvgIpc) is 2.53. The fraction of sp³-hybridized carbons (Fsp3) is 0.188. The Morgan fingerprint density at radius 2 is 1.90 bits per heavy atom. The maximum absolute atomic E-state index is 12.1. The number of benzene rings is 2. The number of amides is 1. The standard InChI is InChI=1S/C16H13Cl2NOS/c17-9-16(20)19-10-15(11-5-7-12(18)8-6-11)21-14-4-2-1-3-13(14)19/h1-8,15H,9-10H2. The molecule has 1 aliphatic heterocycles. The van der Waals surface area contributed by atoms with Gasteiger partial charge in [0.2, 0.25) is 5.91 Å². The minimum Gasteiger partial charge on any atom is -0.309 e. The summed E-state index contributed by atoms with van der Waals surface area (Å²) in [5.41, 5.74) is 2.10. The van der Waals surface area contributed by atoms with Crippen molar-refractivity contribution in [3.05, 3.63) is 59.1 Å². The Bertz CT molecular complexity index is 660. The Balaban J connectivity index is 1.96. The van der Waals surface area contributed by atoms with Gasteiger partial charge in [0.25, 0.3) is 0 Å². The molecule has 2 aromatic carbocycles. The third kappa shape index (κ3) is 3.05. The molecule has 0 radical (unpaired) electrons. The van der Waals surface area contributed by atoms with E-state index in [1.807, 2.05) is 48.5 Å². The molecule has 0 fully saturated rings. The molecular formula is C16H13Cl2NOS. The van der Waals surface area contributed by atoms with E-state index < -0.39 is 0 Å². The number of carbonyl (C=O) groups excluding carboxylic acids is 1. The summed E-state index contributed by atoms with van der Waals surface area (Å²) in [5.74, 6) is -0.0739. The Hall–Kier alpha value is -1.16. The second-order valence-corrected chi connectivity index (χ2v) is 6.71. The van der Waals surface area contributed by atoms with Crippen molar-refractivity contribution in [2.24, 2.45) is 0 Å². The van der Waals surface area contributed by atoms with Gasteiger partial charge in [0.15, 0.2) is 0 Å². The molecule has 0 saturated heterocycles. The molecule has 0 saturated carbocycles. The number of hydrogen-bond donors (Lipinski definition) is 0. The quantitative estimate of drug-likeness (QED) is 0.736. The number of alkyl halides is 1. The van der Waals surface area contributed by atoms with Crippen molar-refractivity contribution >= 4 is 46.6 Å². The average molecular weight is 338 g/mol. The number of nitrogens with zero attached hydrogens (tertiary/aromatic N) is 1. The number of carbonyl (C=O) groups is 1. The second-order valence-electron chi connectivity index (χ2n) is 4.76. The SMILES string of the molecule is O=C(CCl)N1CC(c2ccc(Cl)cc2)Sc2ccccc21. The van der Waals surface area contributed by atoms with Crippen LogP contribution in [0.5, 0.6) is 0 Å². The number of halogens is 2. The second kappa shape index (κ2) is 6.30. The lowest BCUT2D eigenvalue weighted by Gasteiger charge is -2.34. The maximum Gasteiger partial charge on any atom is 0.241 e. The van der Waals surface area contributed by atoms with Crippen LogP contribution in [0, 0.1) is 0 Å². The number of rotatable bonds is 2. The number of fused-ring (bicyclic) bond motifs is 1. The van der Waals surface area contributed by atoms with Gasteiger partial charge in [-0.1, -0.05) is 35.9 Å². The fourth-order valence-electron chi connectivity index (χ4n) is 2.39. The number of hydrogen-bond acceptors (Lipinski definition) is 2. The summed E-state index contributed by atoms with van der Waals surface area (Å²) in [7, 11) is 0. The van der Waals surface area contributed by atoms with Crippen molar-refractivity contribution in [3.63, 3.8) is 0 Å². The van der Waals surface area contributed by atoms with Gasteiger partial charge in [0, 0.05) is 16.5 Å². The van der Waals surface area contributed by atoms with E-state index in [-0.39, 0.29) is 17.0 Å². The van der Waals surface area contributed by atoms with E-state index in [1.54, 1.807) is 16.7 Å². The van der Waals surface area contributed by atoms with E-state index >= 15 is 0 Å². The van der Waals surface area contributed by atoms with E-state index in [0.29, 0.717) is 11.6 Å². The zero-order chi connectivity index (χ0) is 14.8. The monoisotopic (exact) mass is 337 g/mol. The Morgan fingerprint density at radius 3 is 2.62 bits per heavy atom. The summed E-state index contributed by atoms with van der Waals surface area (Å²) >= 11 is 13.5. The van der Waals surface area contributed by atoms with Crippen molar-refractivity contribution in [2.75, 3.05) is 17.3 Å². The van der Waals surface area contributed by atoms with Crippen LogP contribution in [0.25, 0.3) is 0 Å². The molecule has 0 aliphatic carbocycles. The van der Waals surface area contributed by atoms with E-state index in [9.17, 15) is 4.79 Å². The maximum atomic E-state index is 12.1. The van der Waals surface area contributed by atoms with Crippen molar-refractivity contribution < 1.29 is 4.79 Å². The van der Waals surface area contributed by atoms with Gasteiger partial charge >= 0.3 is 0 Å². The van der Waals surface area contributed by atoms with Crippen molar-refractivity contribution in [2.45, 2.75) is 10.1 Å². The van der Waals surface area contributed by atoms with Gasteiger partial charge in [-0.05, 0) is 29.8 Å². The molecule has 0 spiro atoms. The van der Waals surface area contributed by atoms with E-state index in [4.69, 9.17) is 23.2 Å². The van der Waals surface area contributed by atoms with Gasteiger partial charge in [-0.2, -0.15) is 0 Å². The van der Waals surface area contributed by atoms with Gasteiger partial charge in [0.1, 0.15) is 5.88 Å². The minimum absolute atomic E-state index is 0.00760. The smallest absolute Gasteiger partial charge is 0.241 e. The molecule has 3 rings (SSSR count). The topological polar surface area (TPSA) is 20.3 Å². The van der Waals surface area contributed by atoms with Gasteiger partial charge in [-0.25, -0.2) is 0 Å². The summed E-state index contributed by atoms with van der Waals surface area (Å²) < 4.78 is 0. The van der Waals surface area contributed by atoms with E-state index in [1.165, 1.54) is 0 Å². The van der Waals surface area contributed by atoms with Crippen LogP contribution in [-0.4, -0.2) is 18.3 Å². The van der Waals surface area contributed by atoms with Crippen LogP contribution in [0.15, 0.2) is 53.4 Å². The third-order valence-corrected chi connectivity index (χ3v) is 5.22. The summed E-state index contributed by atoms with van der Waals surface area (Å²) in [5, 5.41) is 0.901. The highest BCUT2D eigenvalue weighted by Crippen LogP contribution is 2.45. The first kappa shape index (κ1) is 14.8. The molecule has 21 heavy (non-hydrogen) atoms. The number of thioether (sulfide) groups is 1. The first-order valence-corrected chi connectivity index (χ1v) is 8.35. The highest BCUT2D eigenvalue weighted by Gasteiger charge is 2.29. The zero-order valence-corrected chi connectivity index (χ0v) is 13.5. The first-order chi connectivity index (χ1) is 10.2. The van der Waals surface area contributed by atoms with Crippen LogP contribution in [0.4, 0.5) is 5.69 Å². The molecule has 1 atom stereocenters. The third-order valence-electron chi connectivity index (χ3n) is 3.43. The molecule has 1 aliphatic rings. The molecular weight excluding hydrogens is 325 g/mol. The Labute approximate surface area is 138 Å². The van der Waals surface area contributed by atoms with Crippen LogP contribution >= 0.6 is 35.0 Å². The predicted molar refractivity (Wildman–Crippen MR) is 89.6 cm³/mol. The van der Waals surface area contributed by atoms with Crippen LogP contribution in [0.1, 0.15) is 10.8 Å². The first-order valence-electron chi connectivity index (χ1n) is 6.56. The Morgan fingerprint density at radius 1 is 1.19 bits per heavy atom. The summed E-state index contributed by atoms with van der Waals surface area (Å²) in [6.45, 7) is 0.620. The van der Waals surface area contributed by atoms with Crippen LogP contribution in [0.3, 0.4) is 0 Å². The molecule has 2 aromatic rings. The van der Waals surface area contributed by atoms with Gasteiger partial charge in [-0.15, -0.1) is 23.4 Å². The number of anilines is 1. The van der Waals surface area contributed by atoms with Gasteiger partial charge < -0.3 is 4.90 Å². The molecule has 0 aromatic heterocycles. The van der Waals surface area contributed by atoms with Crippen molar-refractivity contribution in [1.82, 2.24) is 0 Å². The molecule has 108 valence electrons. The van der Waals surface area contributed by atoms with Crippen LogP contribution < -0.4 is 4.90 Å². The zero-order valence-electron chi connectivity index (χ0n) is 11.1. The van der Waals surface area contributed by atoms with E-state index in [2.05, 4.69) is 0 Å². The molecule has 0 N–H and O–H groups in total. The van der Waals surface area contributed by atoms with Crippen LogP contribution in [0.2, 0.25) is 5.02 Å². The molecule has 0 bridgehead atoms. The highest BCUT2D eigenvalue weighted by molar-refractivity contribution is 7.99. The largest absolute Gasteiger partial charge is 0.309 e. The predicted octanol–water partition coefficient (Wildman–Crippen LogP) is 4.76. The minimum atomic E-state index is -0.0663. The molecule has 1 amide bonds. The van der Waals surface area contributed by atoms with Crippen LogP contribution in [-0.2, 0) is 4.79 Å². The lowest BCUT2D eigenvalue weighted by atomic mass is 10.1. The van der Waals surface area contributed by atoms with E-state index in [0.717, 1.165) is 16.1 Å². The molecule has 1 heterocycles. The van der Waals surface area contributed by atoms with Crippen molar-refractivity contribution in [1.29, 1.82) is 0 Å². The van der Waals surface area contributed by atoms with Gasteiger partial charge in [0.05, 0.1) is 10.9 Å². The number of para-hydroxylation sites is 1. The fourth-order valence-corrected chi connectivity index (χ4v) is 3.94. The summed E-state index contributed by atoms with van der Waals surface area (Å²) in [4.78, 5) is 15.0. The van der Waals surface area contributed by atoms with Gasteiger partial charge in [-0.3, -0.25) is 4.79 Å². The normalized spacial score (nSPS) is 17.4.